The van der Waals surface area contributed by atoms with E-state index in [1.54, 1.807) is 13.8 Å². The summed E-state index contributed by atoms with van der Waals surface area (Å²) in [5, 5.41) is 27.7. The maximum atomic E-state index is 9.30. The van der Waals surface area contributed by atoms with Gasteiger partial charge < -0.3 is 20.1 Å². The number of hydrogen-bond acceptors (Lipinski definition) is 4. The summed E-state index contributed by atoms with van der Waals surface area (Å²) >= 11 is 0. The SMILES string of the molecule is C[C@@H]1[C@@H](O)[C@@H](O)[C@@H](C)O[C@H]1O. The lowest BCUT2D eigenvalue weighted by Gasteiger charge is -2.37. The van der Waals surface area contributed by atoms with Crippen LogP contribution in [0, 0.1) is 5.92 Å². The minimum Gasteiger partial charge on any atom is -0.390 e. The largest absolute Gasteiger partial charge is 0.390 e. The van der Waals surface area contributed by atoms with Crippen molar-refractivity contribution < 1.29 is 20.1 Å². The van der Waals surface area contributed by atoms with E-state index in [4.69, 9.17) is 9.84 Å². The first-order valence-electron chi connectivity index (χ1n) is 3.73. The van der Waals surface area contributed by atoms with Crippen molar-refractivity contribution in [2.75, 3.05) is 0 Å². The van der Waals surface area contributed by atoms with Crippen molar-refractivity contribution in [3.8, 4) is 0 Å². The summed E-state index contributed by atoms with van der Waals surface area (Å²) in [4.78, 5) is 0. The van der Waals surface area contributed by atoms with Crippen LogP contribution >= 0.6 is 0 Å². The smallest absolute Gasteiger partial charge is 0.160 e. The lowest BCUT2D eigenvalue weighted by molar-refractivity contribution is -0.255. The molecule has 11 heavy (non-hydrogen) atoms. The van der Waals surface area contributed by atoms with Crippen molar-refractivity contribution in [3.63, 3.8) is 0 Å². The van der Waals surface area contributed by atoms with E-state index in [2.05, 4.69) is 0 Å². The highest BCUT2D eigenvalue weighted by molar-refractivity contribution is 4.84. The Morgan fingerprint density at radius 3 is 2.09 bits per heavy atom. The Morgan fingerprint density at radius 1 is 1.00 bits per heavy atom. The van der Waals surface area contributed by atoms with Gasteiger partial charge in [-0.2, -0.15) is 0 Å². The van der Waals surface area contributed by atoms with Crippen LogP contribution < -0.4 is 0 Å². The molecule has 3 N–H and O–H groups in total. The first kappa shape index (κ1) is 8.93. The van der Waals surface area contributed by atoms with E-state index >= 15 is 0 Å². The normalized spacial score (nSPS) is 52.6. The molecule has 0 aliphatic carbocycles. The molecule has 0 spiro atoms. The first-order valence-corrected chi connectivity index (χ1v) is 3.73. The second kappa shape index (κ2) is 3.06. The van der Waals surface area contributed by atoms with E-state index in [0.717, 1.165) is 0 Å². The van der Waals surface area contributed by atoms with E-state index in [0.29, 0.717) is 0 Å². The highest BCUT2D eigenvalue weighted by Gasteiger charge is 2.38. The monoisotopic (exact) mass is 162 g/mol. The summed E-state index contributed by atoms with van der Waals surface area (Å²) in [6, 6.07) is 0. The Labute approximate surface area is 65.4 Å². The molecular formula is C7H14O4. The average molecular weight is 162 g/mol. The van der Waals surface area contributed by atoms with Crippen LogP contribution in [0.1, 0.15) is 13.8 Å². The predicted molar refractivity (Wildman–Crippen MR) is 37.7 cm³/mol. The van der Waals surface area contributed by atoms with Gasteiger partial charge >= 0.3 is 0 Å². The summed E-state index contributed by atoms with van der Waals surface area (Å²) in [5.41, 5.74) is 0. The number of aliphatic hydroxyl groups is 3. The highest BCUT2D eigenvalue weighted by atomic mass is 16.6. The second-order valence-electron chi connectivity index (χ2n) is 3.07. The third kappa shape index (κ3) is 1.54. The standard InChI is InChI=1S/C7H14O4/c1-3-5(8)6(9)4(2)11-7(3)10/h3-10H,1-2H3/t3-,4-,5-,6+,7-/m1/s1. The zero-order valence-electron chi connectivity index (χ0n) is 6.64. The molecule has 0 aromatic rings. The van der Waals surface area contributed by atoms with Gasteiger partial charge in [0.1, 0.15) is 6.10 Å². The fraction of sp³-hybridized carbons (Fsp3) is 1.00. The maximum Gasteiger partial charge on any atom is 0.160 e. The molecule has 5 atom stereocenters. The van der Waals surface area contributed by atoms with Gasteiger partial charge in [-0.05, 0) is 6.92 Å². The minimum atomic E-state index is -0.969. The molecule has 4 nitrogen and oxygen atoms in total. The Balaban J connectivity index is 2.63. The van der Waals surface area contributed by atoms with Gasteiger partial charge in [0.05, 0.1) is 12.2 Å². The fourth-order valence-corrected chi connectivity index (χ4v) is 1.18. The minimum absolute atomic E-state index is 0.429. The van der Waals surface area contributed by atoms with E-state index < -0.39 is 30.5 Å². The number of hydrogen-bond donors (Lipinski definition) is 3. The lowest BCUT2D eigenvalue weighted by atomic mass is 9.93. The molecule has 0 unspecified atom stereocenters. The molecule has 66 valence electrons. The molecule has 1 saturated heterocycles. The Kier molecular flexibility index (Phi) is 2.49. The van der Waals surface area contributed by atoms with Crippen LogP contribution in [-0.4, -0.2) is 39.9 Å². The van der Waals surface area contributed by atoms with Gasteiger partial charge in [-0.1, -0.05) is 6.92 Å². The van der Waals surface area contributed by atoms with Crippen LogP contribution in [0.3, 0.4) is 0 Å². The van der Waals surface area contributed by atoms with Crippen molar-refractivity contribution >= 4 is 0 Å². The third-order valence-corrected chi connectivity index (χ3v) is 2.17. The van der Waals surface area contributed by atoms with Crippen LogP contribution in [0.5, 0.6) is 0 Å². The zero-order valence-corrected chi connectivity index (χ0v) is 6.64. The summed E-state index contributed by atoms with van der Waals surface area (Å²) < 4.78 is 4.93. The maximum absolute atomic E-state index is 9.30. The van der Waals surface area contributed by atoms with E-state index in [1.165, 1.54) is 0 Å². The molecule has 1 fully saturated rings. The molecule has 0 bridgehead atoms. The summed E-state index contributed by atoms with van der Waals surface area (Å²) in [5.74, 6) is -0.429. The van der Waals surface area contributed by atoms with Gasteiger partial charge in [0.2, 0.25) is 0 Å². The Bertz CT molecular complexity index is 124. The van der Waals surface area contributed by atoms with Crippen molar-refractivity contribution in [1.82, 2.24) is 0 Å². The van der Waals surface area contributed by atoms with Crippen molar-refractivity contribution in [2.24, 2.45) is 5.92 Å². The first-order chi connectivity index (χ1) is 5.04. The topological polar surface area (TPSA) is 69.9 Å². The number of aliphatic hydroxyl groups excluding tert-OH is 3. The summed E-state index contributed by atoms with van der Waals surface area (Å²) in [6.07, 6.45) is -3.26. The average Bonchev–Trinajstić information content (AvgIpc) is 1.97. The molecule has 0 saturated carbocycles. The van der Waals surface area contributed by atoms with Crippen LogP contribution in [0.25, 0.3) is 0 Å². The molecule has 0 aromatic heterocycles. The lowest BCUT2D eigenvalue weighted by Crippen LogP contribution is -2.52. The van der Waals surface area contributed by atoms with E-state index in [9.17, 15) is 10.2 Å². The van der Waals surface area contributed by atoms with Crippen molar-refractivity contribution in [1.29, 1.82) is 0 Å². The zero-order chi connectivity index (χ0) is 8.59. The number of ether oxygens (including phenoxy) is 1. The molecule has 1 heterocycles. The van der Waals surface area contributed by atoms with Crippen LogP contribution in [-0.2, 0) is 4.74 Å². The van der Waals surface area contributed by atoms with E-state index in [-0.39, 0.29) is 0 Å². The van der Waals surface area contributed by atoms with Crippen LogP contribution in [0.15, 0.2) is 0 Å². The Morgan fingerprint density at radius 2 is 1.55 bits per heavy atom. The molecule has 1 rings (SSSR count). The van der Waals surface area contributed by atoms with Gasteiger partial charge in [-0.3, -0.25) is 0 Å². The van der Waals surface area contributed by atoms with Gasteiger partial charge in [0.15, 0.2) is 6.29 Å². The van der Waals surface area contributed by atoms with Crippen LogP contribution in [0.4, 0.5) is 0 Å². The van der Waals surface area contributed by atoms with Crippen molar-refractivity contribution in [3.05, 3.63) is 0 Å². The fourth-order valence-electron chi connectivity index (χ4n) is 1.18. The molecule has 1 aliphatic rings. The summed E-state index contributed by atoms with van der Waals surface area (Å²) in [7, 11) is 0. The molecule has 0 radical (unpaired) electrons. The van der Waals surface area contributed by atoms with Gasteiger partial charge in [-0.15, -0.1) is 0 Å². The molecule has 1 aliphatic heterocycles. The number of rotatable bonds is 0. The second-order valence-corrected chi connectivity index (χ2v) is 3.07. The van der Waals surface area contributed by atoms with Gasteiger partial charge in [-0.25, -0.2) is 0 Å². The quantitative estimate of drug-likeness (QED) is 0.431. The van der Waals surface area contributed by atoms with Gasteiger partial charge in [0.25, 0.3) is 0 Å². The molecule has 0 aromatic carbocycles. The molecule has 0 amide bonds. The summed E-state index contributed by atoms with van der Waals surface area (Å²) in [6.45, 7) is 3.24. The van der Waals surface area contributed by atoms with Crippen molar-refractivity contribution in [2.45, 2.75) is 38.4 Å². The third-order valence-electron chi connectivity index (χ3n) is 2.17. The molecule has 4 heteroatoms. The van der Waals surface area contributed by atoms with Crippen LogP contribution in [0.2, 0.25) is 0 Å². The van der Waals surface area contributed by atoms with Gasteiger partial charge in [0, 0.05) is 5.92 Å². The van der Waals surface area contributed by atoms with E-state index in [1.807, 2.05) is 0 Å². The Hall–Kier alpha value is -0.160. The predicted octanol–water partition coefficient (Wildman–Crippen LogP) is -0.919. The highest BCUT2D eigenvalue weighted by Crippen LogP contribution is 2.23. The molecular weight excluding hydrogens is 148 g/mol.